The minimum Gasteiger partial charge on any atom is -0.377 e. The zero-order valence-corrected chi connectivity index (χ0v) is 10.2. The second-order valence-corrected chi connectivity index (χ2v) is 4.72. The van der Waals surface area contributed by atoms with E-state index in [1.54, 1.807) is 0 Å². The maximum atomic E-state index is 5.59. The Balaban J connectivity index is 1.97. The highest BCUT2D eigenvalue weighted by molar-refractivity contribution is 7.10. The number of nitrogens with one attached hydrogen (secondary N) is 1. The molecule has 1 fully saturated rings. The van der Waals surface area contributed by atoms with Crippen molar-refractivity contribution in [3.05, 3.63) is 5.69 Å². The highest BCUT2D eigenvalue weighted by Crippen LogP contribution is 2.18. The summed E-state index contributed by atoms with van der Waals surface area (Å²) >= 11 is 1.29. The second-order valence-electron chi connectivity index (χ2n) is 3.96. The number of nitrogen functional groups attached to an aromatic ring is 1. The summed E-state index contributed by atoms with van der Waals surface area (Å²) < 4.78 is 9.49. The molecular formula is C9H17N5OS. The smallest absolute Gasteiger partial charge is 0.148 e. The molecule has 7 heteroatoms. The van der Waals surface area contributed by atoms with E-state index in [1.165, 1.54) is 11.5 Å². The standard InChI is InChI=1S/C9H17N5OS/c1-7-5-14(3-2-4-15-7)6-8-9(11-10)16-13-12-8/h7,11H,2-6,10H2,1H3. The van der Waals surface area contributed by atoms with Crippen LogP contribution >= 0.6 is 11.5 Å². The summed E-state index contributed by atoms with van der Waals surface area (Å²) in [6.45, 7) is 5.69. The van der Waals surface area contributed by atoms with Gasteiger partial charge in [-0.15, -0.1) is 5.10 Å². The Morgan fingerprint density at radius 1 is 1.69 bits per heavy atom. The lowest BCUT2D eigenvalue weighted by Crippen LogP contribution is -2.30. The van der Waals surface area contributed by atoms with Gasteiger partial charge in [-0.3, -0.25) is 4.90 Å². The first kappa shape index (κ1) is 11.7. The maximum absolute atomic E-state index is 5.59. The number of hydrogen-bond donors (Lipinski definition) is 2. The summed E-state index contributed by atoms with van der Waals surface area (Å²) in [7, 11) is 0. The van der Waals surface area contributed by atoms with Gasteiger partial charge >= 0.3 is 0 Å². The fourth-order valence-electron chi connectivity index (χ4n) is 1.86. The van der Waals surface area contributed by atoms with Gasteiger partial charge < -0.3 is 10.2 Å². The Bertz CT molecular complexity index is 331. The van der Waals surface area contributed by atoms with E-state index in [-0.39, 0.29) is 6.10 Å². The van der Waals surface area contributed by atoms with Crippen LogP contribution in [-0.2, 0) is 11.3 Å². The van der Waals surface area contributed by atoms with Gasteiger partial charge in [0.05, 0.1) is 6.10 Å². The Labute approximate surface area is 98.9 Å². The van der Waals surface area contributed by atoms with E-state index in [0.717, 1.165) is 43.4 Å². The lowest BCUT2D eigenvalue weighted by molar-refractivity contribution is 0.0666. The van der Waals surface area contributed by atoms with Crippen LogP contribution in [0.25, 0.3) is 0 Å². The third kappa shape index (κ3) is 2.88. The molecule has 1 atom stereocenters. The van der Waals surface area contributed by atoms with Crippen LogP contribution in [0.4, 0.5) is 5.00 Å². The molecule has 1 aliphatic heterocycles. The van der Waals surface area contributed by atoms with E-state index in [1.807, 2.05) is 0 Å². The highest BCUT2D eigenvalue weighted by Gasteiger charge is 2.17. The normalized spacial score (nSPS) is 23.0. The molecule has 0 radical (unpaired) electrons. The first-order valence-corrected chi connectivity index (χ1v) is 6.18. The first-order valence-electron chi connectivity index (χ1n) is 5.41. The van der Waals surface area contributed by atoms with Gasteiger partial charge in [0.2, 0.25) is 0 Å². The van der Waals surface area contributed by atoms with Gasteiger partial charge in [-0.05, 0) is 13.3 Å². The third-order valence-corrected chi connectivity index (χ3v) is 3.30. The summed E-state index contributed by atoms with van der Waals surface area (Å²) in [4.78, 5) is 2.33. The van der Waals surface area contributed by atoms with Crippen molar-refractivity contribution in [2.75, 3.05) is 25.1 Å². The van der Waals surface area contributed by atoms with Crippen LogP contribution in [0.3, 0.4) is 0 Å². The zero-order valence-electron chi connectivity index (χ0n) is 9.35. The van der Waals surface area contributed by atoms with Crippen molar-refractivity contribution in [2.45, 2.75) is 26.0 Å². The molecule has 0 bridgehead atoms. The molecule has 3 N–H and O–H groups in total. The van der Waals surface area contributed by atoms with Gasteiger partial charge in [0.25, 0.3) is 0 Å². The van der Waals surface area contributed by atoms with E-state index >= 15 is 0 Å². The average Bonchev–Trinajstić information content (AvgIpc) is 2.61. The largest absolute Gasteiger partial charge is 0.377 e. The molecule has 0 spiro atoms. The van der Waals surface area contributed by atoms with E-state index in [4.69, 9.17) is 10.6 Å². The van der Waals surface area contributed by atoms with Crippen LogP contribution in [0.5, 0.6) is 0 Å². The molecule has 0 aromatic carbocycles. The van der Waals surface area contributed by atoms with Crippen LogP contribution in [0.1, 0.15) is 19.0 Å². The molecular weight excluding hydrogens is 226 g/mol. The molecule has 1 unspecified atom stereocenters. The third-order valence-electron chi connectivity index (χ3n) is 2.60. The molecule has 6 nitrogen and oxygen atoms in total. The molecule has 16 heavy (non-hydrogen) atoms. The number of ether oxygens (including phenoxy) is 1. The number of aromatic nitrogens is 2. The van der Waals surface area contributed by atoms with Crippen LogP contribution < -0.4 is 11.3 Å². The van der Waals surface area contributed by atoms with Gasteiger partial charge in [-0.1, -0.05) is 4.49 Å². The lowest BCUT2D eigenvalue weighted by Gasteiger charge is -2.20. The Morgan fingerprint density at radius 2 is 2.56 bits per heavy atom. The van der Waals surface area contributed by atoms with Crippen LogP contribution in [-0.4, -0.2) is 40.3 Å². The minimum atomic E-state index is 0.281. The maximum Gasteiger partial charge on any atom is 0.148 e. The molecule has 1 aromatic rings. The SMILES string of the molecule is CC1CN(Cc2nnsc2NN)CCCO1. The molecule has 2 heterocycles. The first-order chi connectivity index (χ1) is 7.79. The van der Waals surface area contributed by atoms with Crippen LogP contribution in [0.15, 0.2) is 0 Å². The summed E-state index contributed by atoms with van der Waals surface area (Å²) in [5.41, 5.74) is 3.55. The number of rotatable bonds is 3. The highest BCUT2D eigenvalue weighted by atomic mass is 32.1. The van der Waals surface area contributed by atoms with Gasteiger partial charge in [0.1, 0.15) is 10.7 Å². The predicted octanol–water partition coefficient (Wildman–Crippen LogP) is 0.434. The number of nitrogens with two attached hydrogens (primary N) is 1. The van der Waals surface area contributed by atoms with Crippen molar-refractivity contribution in [3.63, 3.8) is 0 Å². The van der Waals surface area contributed by atoms with Crippen molar-refractivity contribution >= 4 is 16.5 Å². The Kier molecular flexibility index (Phi) is 4.05. The van der Waals surface area contributed by atoms with Crippen LogP contribution in [0.2, 0.25) is 0 Å². The molecule has 1 saturated heterocycles. The topological polar surface area (TPSA) is 76.3 Å². The number of anilines is 1. The molecule has 0 saturated carbocycles. The van der Waals surface area contributed by atoms with Crippen molar-refractivity contribution in [1.29, 1.82) is 0 Å². The van der Waals surface area contributed by atoms with E-state index in [2.05, 4.69) is 26.8 Å². The van der Waals surface area contributed by atoms with Gasteiger partial charge in [-0.2, -0.15) is 0 Å². The van der Waals surface area contributed by atoms with E-state index in [0.29, 0.717) is 0 Å². The van der Waals surface area contributed by atoms with Gasteiger partial charge in [0, 0.05) is 37.8 Å². The fraction of sp³-hybridized carbons (Fsp3) is 0.778. The summed E-state index contributed by atoms with van der Waals surface area (Å²) in [5, 5.41) is 4.93. The minimum absolute atomic E-state index is 0.281. The van der Waals surface area contributed by atoms with E-state index < -0.39 is 0 Å². The van der Waals surface area contributed by atoms with Crippen molar-refractivity contribution in [3.8, 4) is 0 Å². The lowest BCUT2D eigenvalue weighted by atomic mass is 10.3. The average molecular weight is 243 g/mol. The van der Waals surface area contributed by atoms with Crippen molar-refractivity contribution < 1.29 is 4.74 Å². The molecule has 1 aromatic heterocycles. The quantitative estimate of drug-likeness (QED) is 0.592. The molecule has 2 rings (SSSR count). The summed E-state index contributed by atoms with van der Waals surface area (Å²) in [5.74, 6) is 5.40. The summed E-state index contributed by atoms with van der Waals surface area (Å²) in [6.07, 6.45) is 1.34. The van der Waals surface area contributed by atoms with Crippen LogP contribution in [0, 0.1) is 0 Å². The second kappa shape index (κ2) is 5.53. The number of hydrogen-bond acceptors (Lipinski definition) is 7. The van der Waals surface area contributed by atoms with Crippen molar-refractivity contribution in [1.82, 2.24) is 14.5 Å². The number of hydrazine groups is 1. The summed E-state index contributed by atoms with van der Waals surface area (Å²) in [6, 6.07) is 0. The molecule has 1 aliphatic rings. The van der Waals surface area contributed by atoms with Gasteiger partial charge in [0.15, 0.2) is 0 Å². The van der Waals surface area contributed by atoms with Gasteiger partial charge in [-0.25, -0.2) is 5.84 Å². The molecule has 0 aliphatic carbocycles. The molecule has 0 amide bonds. The Hall–Kier alpha value is -0.760. The predicted molar refractivity (Wildman–Crippen MR) is 63.0 cm³/mol. The molecule has 90 valence electrons. The van der Waals surface area contributed by atoms with E-state index in [9.17, 15) is 0 Å². The van der Waals surface area contributed by atoms with Crippen molar-refractivity contribution in [2.24, 2.45) is 5.84 Å². The Morgan fingerprint density at radius 3 is 3.38 bits per heavy atom. The number of nitrogens with zero attached hydrogens (tertiary/aromatic N) is 3. The zero-order chi connectivity index (χ0) is 11.4. The monoisotopic (exact) mass is 243 g/mol. The fourth-order valence-corrected chi connectivity index (χ4v) is 2.34.